The molecule has 0 bridgehead atoms. The van der Waals surface area contributed by atoms with Gasteiger partial charge in [-0.1, -0.05) is 43.3 Å². The van der Waals surface area contributed by atoms with E-state index < -0.39 is 10.0 Å². The highest BCUT2D eigenvalue weighted by Gasteiger charge is 2.31. The molecule has 1 aliphatic rings. The molecule has 164 valence electrons. The Morgan fingerprint density at radius 3 is 2.35 bits per heavy atom. The topological polar surface area (TPSA) is 84.7 Å². The molecule has 0 spiro atoms. The number of hydrogen-bond acceptors (Lipinski definition) is 5. The van der Waals surface area contributed by atoms with Crippen LogP contribution in [0.5, 0.6) is 0 Å². The van der Waals surface area contributed by atoms with Crippen LogP contribution in [0.15, 0.2) is 53.4 Å². The molecule has 0 radical (unpaired) electrons. The molecule has 0 atom stereocenters. The maximum absolute atomic E-state index is 13.0. The molecule has 0 N–H and O–H groups in total. The van der Waals surface area contributed by atoms with E-state index in [1.54, 1.807) is 17.0 Å². The Balaban J connectivity index is 1.60. The molecular formula is C23H28N4O3S. The van der Waals surface area contributed by atoms with E-state index >= 15 is 0 Å². The number of likely N-dealkylation sites (N-methyl/N-ethyl adjacent to an activating group) is 1. The van der Waals surface area contributed by atoms with Crippen molar-refractivity contribution in [2.75, 3.05) is 39.3 Å². The SMILES string of the molecule is CCN(CC(=O)N1CCN(S(=O)(=O)c2ccccc2C#N)CC1)Cc1ccccc1C. The Morgan fingerprint density at radius 1 is 1.06 bits per heavy atom. The van der Waals surface area contributed by atoms with Gasteiger partial charge in [0.05, 0.1) is 17.0 Å². The zero-order chi connectivity index (χ0) is 22.4. The maximum atomic E-state index is 13.0. The van der Waals surface area contributed by atoms with Crippen LogP contribution in [0.1, 0.15) is 23.6 Å². The Kier molecular flexibility index (Phi) is 7.44. The first-order valence-corrected chi connectivity index (χ1v) is 11.8. The summed E-state index contributed by atoms with van der Waals surface area (Å²) in [4.78, 5) is 16.7. The number of piperazine rings is 1. The van der Waals surface area contributed by atoms with E-state index in [1.165, 1.54) is 27.6 Å². The minimum Gasteiger partial charge on any atom is -0.339 e. The highest BCUT2D eigenvalue weighted by atomic mass is 32.2. The third-order valence-electron chi connectivity index (χ3n) is 5.68. The van der Waals surface area contributed by atoms with Crippen LogP contribution < -0.4 is 0 Å². The van der Waals surface area contributed by atoms with Gasteiger partial charge < -0.3 is 4.90 Å². The average molecular weight is 441 g/mol. The summed E-state index contributed by atoms with van der Waals surface area (Å²) in [5.41, 5.74) is 2.53. The summed E-state index contributed by atoms with van der Waals surface area (Å²) in [7, 11) is -3.76. The summed E-state index contributed by atoms with van der Waals surface area (Å²) in [5.74, 6) is 0.00454. The van der Waals surface area contributed by atoms with Gasteiger partial charge in [0.2, 0.25) is 15.9 Å². The lowest BCUT2D eigenvalue weighted by molar-refractivity contribution is -0.133. The fraction of sp³-hybridized carbons (Fsp3) is 0.391. The Bertz CT molecular complexity index is 1070. The number of nitriles is 1. The highest BCUT2D eigenvalue weighted by Crippen LogP contribution is 2.21. The van der Waals surface area contributed by atoms with Crippen LogP contribution in [0, 0.1) is 18.3 Å². The summed E-state index contributed by atoms with van der Waals surface area (Å²) in [6, 6.07) is 16.3. The van der Waals surface area contributed by atoms with Crippen LogP contribution >= 0.6 is 0 Å². The van der Waals surface area contributed by atoms with E-state index in [9.17, 15) is 18.5 Å². The molecule has 1 fully saturated rings. The van der Waals surface area contributed by atoms with Gasteiger partial charge in [-0.3, -0.25) is 9.69 Å². The van der Waals surface area contributed by atoms with E-state index in [2.05, 4.69) is 24.0 Å². The van der Waals surface area contributed by atoms with Gasteiger partial charge >= 0.3 is 0 Å². The van der Waals surface area contributed by atoms with Gasteiger partial charge in [0.25, 0.3) is 0 Å². The van der Waals surface area contributed by atoms with E-state index in [4.69, 9.17) is 0 Å². The van der Waals surface area contributed by atoms with Crippen molar-refractivity contribution in [2.45, 2.75) is 25.3 Å². The first-order chi connectivity index (χ1) is 14.9. The third kappa shape index (κ3) is 5.31. The predicted molar refractivity (Wildman–Crippen MR) is 119 cm³/mol. The van der Waals surface area contributed by atoms with Crippen LogP contribution in [-0.2, 0) is 21.4 Å². The number of nitrogens with zero attached hydrogens (tertiary/aromatic N) is 4. The van der Waals surface area contributed by atoms with Gasteiger partial charge in [0.15, 0.2) is 0 Å². The minimum absolute atomic E-state index is 0.00454. The lowest BCUT2D eigenvalue weighted by atomic mass is 10.1. The molecule has 0 aliphatic carbocycles. The summed E-state index contributed by atoms with van der Waals surface area (Å²) in [6.07, 6.45) is 0. The van der Waals surface area contributed by atoms with Crippen molar-refractivity contribution in [1.29, 1.82) is 5.26 Å². The molecule has 2 aromatic carbocycles. The number of hydrogen-bond donors (Lipinski definition) is 0. The van der Waals surface area contributed by atoms with Crippen LogP contribution in [0.3, 0.4) is 0 Å². The first kappa shape index (κ1) is 22.9. The Morgan fingerprint density at radius 2 is 1.71 bits per heavy atom. The third-order valence-corrected chi connectivity index (χ3v) is 7.63. The van der Waals surface area contributed by atoms with Crippen LogP contribution in [0.2, 0.25) is 0 Å². The predicted octanol–water partition coefficient (Wildman–Crippen LogP) is 2.22. The number of carbonyl (C=O) groups is 1. The second-order valence-electron chi connectivity index (χ2n) is 7.62. The molecule has 0 unspecified atom stereocenters. The molecule has 1 aliphatic heterocycles. The van der Waals surface area contributed by atoms with Crippen molar-refractivity contribution in [3.05, 3.63) is 65.2 Å². The summed E-state index contributed by atoms with van der Waals surface area (Å²) in [5, 5.41) is 9.23. The van der Waals surface area contributed by atoms with Crippen molar-refractivity contribution < 1.29 is 13.2 Å². The standard InChI is InChI=1S/C23H28N4O3S/c1-3-25(17-21-10-5-4-8-19(21)2)18-23(28)26-12-14-27(15-13-26)31(29,30)22-11-7-6-9-20(22)16-24/h4-11H,3,12-15,17-18H2,1-2H3. The molecule has 0 saturated carbocycles. The zero-order valence-electron chi connectivity index (χ0n) is 18.0. The van der Waals surface area contributed by atoms with Gasteiger partial charge in [-0.05, 0) is 36.7 Å². The monoisotopic (exact) mass is 440 g/mol. The fourth-order valence-corrected chi connectivity index (χ4v) is 5.26. The van der Waals surface area contributed by atoms with Crippen molar-refractivity contribution in [3.63, 3.8) is 0 Å². The molecule has 8 heteroatoms. The van der Waals surface area contributed by atoms with Gasteiger partial charge in [0, 0.05) is 32.7 Å². The molecule has 1 saturated heterocycles. The lowest BCUT2D eigenvalue weighted by Gasteiger charge is -2.35. The van der Waals surface area contributed by atoms with E-state index in [1.807, 2.05) is 25.1 Å². The van der Waals surface area contributed by atoms with E-state index in [0.717, 1.165) is 6.54 Å². The maximum Gasteiger partial charge on any atom is 0.244 e. The van der Waals surface area contributed by atoms with Gasteiger partial charge in [0.1, 0.15) is 6.07 Å². The second-order valence-corrected chi connectivity index (χ2v) is 9.53. The molecule has 2 aromatic rings. The lowest BCUT2D eigenvalue weighted by Crippen LogP contribution is -2.52. The number of carbonyl (C=O) groups excluding carboxylic acids is 1. The van der Waals surface area contributed by atoms with Crippen molar-refractivity contribution in [3.8, 4) is 6.07 Å². The van der Waals surface area contributed by atoms with Crippen LogP contribution in [-0.4, -0.2) is 67.7 Å². The summed E-state index contributed by atoms with van der Waals surface area (Å²) in [6.45, 7) is 6.97. The van der Waals surface area contributed by atoms with Gasteiger partial charge in [-0.25, -0.2) is 8.42 Å². The van der Waals surface area contributed by atoms with Crippen molar-refractivity contribution in [1.82, 2.24) is 14.1 Å². The Labute approximate surface area is 184 Å². The molecule has 7 nitrogen and oxygen atoms in total. The van der Waals surface area contributed by atoms with Gasteiger partial charge in [-0.2, -0.15) is 9.57 Å². The van der Waals surface area contributed by atoms with Crippen LogP contribution in [0.4, 0.5) is 0 Å². The molecule has 3 rings (SSSR count). The molecule has 31 heavy (non-hydrogen) atoms. The second kappa shape index (κ2) is 10.1. The summed E-state index contributed by atoms with van der Waals surface area (Å²) < 4.78 is 27.3. The highest BCUT2D eigenvalue weighted by molar-refractivity contribution is 7.89. The van der Waals surface area contributed by atoms with Crippen LogP contribution in [0.25, 0.3) is 0 Å². The number of rotatable bonds is 7. The van der Waals surface area contributed by atoms with E-state index in [0.29, 0.717) is 26.2 Å². The number of aryl methyl sites for hydroxylation is 1. The number of amides is 1. The smallest absolute Gasteiger partial charge is 0.244 e. The minimum atomic E-state index is -3.76. The zero-order valence-corrected chi connectivity index (χ0v) is 18.8. The van der Waals surface area contributed by atoms with Crippen molar-refractivity contribution >= 4 is 15.9 Å². The van der Waals surface area contributed by atoms with Gasteiger partial charge in [-0.15, -0.1) is 0 Å². The molecular weight excluding hydrogens is 412 g/mol. The molecule has 0 aromatic heterocycles. The average Bonchev–Trinajstić information content (AvgIpc) is 2.79. The Hall–Kier alpha value is -2.73. The van der Waals surface area contributed by atoms with Crippen molar-refractivity contribution in [2.24, 2.45) is 0 Å². The molecule has 1 heterocycles. The number of benzene rings is 2. The quantitative estimate of drug-likeness (QED) is 0.659. The molecule has 1 amide bonds. The fourth-order valence-electron chi connectivity index (χ4n) is 3.70. The number of sulfonamides is 1. The first-order valence-electron chi connectivity index (χ1n) is 10.4. The summed E-state index contributed by atoms with van der Waals surface area (Å²) >= 11 is 0. The van der Waals surface area contributed by atoms with E-state index in [-0.39, 0.29) is 29.5 Å². The largest absolute Gasteiger partial charge is 0.339 e. The normalized spacial score (nSPS) is 15.1.